The number of unbranched alkanes of at least 4 members (excludes halogenated alkanes) is 1. The van der Waals surface area contributed by atoms with Crippen molar-refractivity contribution in [3.8, 4) is 0 Å². The number of Topliss-reactive ketones (excluding diaryl/α,β-unsaturated/α-hetero) is 2. The molecule has 0 aromatic carbocycles. The molecule has 5 nitrogen and oxygen atoms in total. The van der Waals surface area contributed by atoms with Crippen LogP contribution in [0.5, 0.6) is 0 Å². The zero-order chi connectivity index (χ0) is 28.4. The van der Waals surface area contributed by atoms with Gasteiger partial charge in [0.05, 0.1) is 5.00 Å². The maximum Gasteiger partial charge on any atom is 0.164 e. The van der Waals surface area contributed by atoms with Crippen molar-refractivity contribution in [1.29, 1.82) is 0 Å². The summed E-state index contributed by atoms with van der Waals surface area (Å²) in [5, 5.41) is 4.80. The van der Waals surface area contributed by atoms with Crippen LogP contribution in [0.15, 0.2) is 23.3 Å². The monoisotopic (exact) mass is 556 g/mol. The second-order valence-electron chi connectivity index (χ2n) is 11.4. The van der Waals surface area contributed by atoms with Crippen LogP contribution in [0.2, 0.25) is 0 Å². The van der Waals surface area contributed by atoms with E-state index >= 15 is 0 Å². The van der Waals surface area contributed by atoms with Crippen LogP contribution in [0.25, 0.3) is 0 Å². The van der Waals surface area contributed by atoms with Crippen molar-refractivity contribution in [2.24, 2.45) is 5.92 Å². The average Bonchev–Trinajstić information content (AvgIpc) is 3.59. The quantitative estimate of drug-likeness (QED) is 0.136. The molecule has 1 aromatic rings. The second-order valence-corrected chi connectivity index (χ2v) is 12.4. The van der Waals surface area contributed by atoms with Gasteiger partial charge in [-0.15, -0.1) is 11.3 Å². The Hall–Kier alpha value is -1.76. The van der Waals surface area contributed by atoms with Gasteiger partial charge in [0, 0.05) is 61.5 Å². The van der Waals surface area contributed by atoms with Gasteiger partial charge in [0.15, 0.2) is 11.6 Å². The summed E-state index contributed by atoms with van der Waals surface area (Å²) >= 11 is 1.86. The van der Waals surface area contributed by atoms with E-state index in [1.807, 2.05) is 37.3 Å². The van der Waals surface area contributed by atoms with Crippen LogP contribution in [0.3, 0.4) is 0 Å². The fourth-order valence-corrected chi connectivity index (χ4v) is 7.82. The normalized spacial score (nSPS) is 19.9. The number of carbonyl (C=O) groups is 2. The third kappa shape index (κ3) is 8.14. The molecule has 2 aliphatic rings. The number of nitrogens with zero attached hydrogens (tertiary/aromatic N) is 1. The molecule has 2 aliphatic heterocycles. The fraction of sp³-hybridized carbons (Fsp3) is 0.697. The maximum absolute atomic E-state index is 14.2. The van der Waals surface area contributed by atoms with Gasteiger partial charge in [-0.2, -0.15) is 0 Å². The number of allylic oxidation sites excluding steroid dienone is 4. The maximum atomic E-state index is 14.2. The summed E-state index contributed by atoms with van der Waals surface area (Å²) in [7, 11) is 0. The van der Waals surface area contributed by atoms with Crippen LogP contribution in [-0.2, 0) is 9.53 Å². The second kappa shape index (κ2) is 15.9. The summed E-state index contributed by atoms with van der Waals surface area (Å²) in [6.07, 6.45) is 11.8. The molecule has 2 unspecified atom stereocenters. The Morgan fingerprint density at radius 2 is 1.90 bits per heavy atom. The molecule has 3 rings (SSSR count). The number of rotatable bonds is 15. The van der Waals surface area contributed by atoms with Gasteiger partial charge >= 0.3 is 0 Å². The molecule has 0 bridgehead atoms. The Kier molecular flexibility index (Phi) is 12.9. The Morgan fingerprint density at radius 3 is 2.49 bits per heavy atom. The number of ether oxygens (including phenoxy) is 1. The molecule has 1 N–H and O–H groups in total. The van der Waals surface area contributed by atoms with Gasteiger partial charge in [0.2, 0.25) is 0 Å². The summed E-state index contributed by atoms with van der Waals surface area (Å²) in [5.74, 6) is 1.07. The summed E-state index contributed by atoms with van der Waals surface area (Å²) < 4.78 is 5.65. The number of hydrogen-bond donors (Lipinski definition) is 1. The van der Waals surface area contributed by atoms with Gasteiger partial charge in [-0.05, 0) is 89.0 Å². The Bertz CT molecular complexity index is 1010. The Balaban J connectivity index is 1.91. The molecule has 0 spiro atoms. The van der Waals surface area contributed by atoms with E-state index in [9.17, 15) is 9.59 Å². The van der Waals surface area contributed by atoms with Crippen LogP contribution in [0, 0.1) is 12.8 Å². The molecular formula is C33H52N2O3S. The van der Waals surface area contributed by atoms with E-state index in [-0.39, 0.29) is 17.5 Å². The van der Waals surface area contributed by atoms with E-state index in [4.69, 9.17) is 4.74 Å². The van der Waals surface area contributed by atoms with Crippen molar-refractivity contribution in [2.75, 3.05) is 37.7 Å². The molecule has 0 aliphatic carbocycles. The SMILES string of the molecule is CC=CC(C)=C(CC(CC)CC(=O)c1c(C2CCNC2)sc(N(CC)C2CCOCC2)c1C)C(=O)CCCC. The number of anilines is 1. The van der Waals surface area contributed by atoms with Crippen LogP contribution in [0.1, 0.15) is 119 Å². The van der Waals surface area contributed by atoms with E-state index in [1.54, 1.807) is 0 Å². The van der Waals surface area contributed by atoms with Crippen LogP contribution >= 0.6 is 11.3 Å². The lowest BCUT2D eigenvalue weighted by atomic mass is 9.85. The van der Waals surface area contributed by atoms with Crippen molar-refractivity contribution in [3.05, 3.63) is 39.3 Å². The van der Waals surface area contributed by atoms with Gasteiger partial charge in [-0.1, -0.05) is 38.8 Å². The first-order chi connectivity index (χ1) is 18.9. The van der Waals surface area contributed by atoms with Crippen LogP contribution in [0.4, 0.5) is 5.00 Å². The lowest BCUT2D eigenvalue weighted by molar-refractivity contribution is -0.116. The molecule has 2 fully saturated rings. The molecule has 0 saturated carbocycles. The average molecular weight is 557 g/mol. The molecule has 218 valence electrons. The smallest absolute Gasteiger partial charge is 0.164 e. The highest BCUT2D eigenvalue weighted by Crippen LogP contribution is 2.44. The Morgan fingerprint density at radius 1 is 1.15 bits per heavy atom. The number of ketones is 2. The largest absolute Gasteiger partial charge is 0.381 e. The third-order valence-electron chi connectivity index (χ3n) is 8.62. The van der Waals surface area contributed by atoms with E-state index in [0.717, 1.165) is 93.6 Å². The van der Waals surface area contributed by atoms with E-state index in [2.05, 4.69) is 37.9 Å². The zero-order valence-electron chi connectivity index (χ0n) is 25.4. The lowest BCUT2D eigenvalue weighted by Crippen LogP contribution is -2.39. The first kappa shape index (κ1) is 31.8. The molecule has 2 atom stereocenters. The van der Waals surface area contributed by atoms with Crippen LogP contribution in [-0.4, -0.2) is 50.5 Å². The minimum absolute atomic E-state index is 0.161. The molecular weight excluding hydrogens is 504 g/mol. The Labute approximate surface area is 241 Å². The van der Waals surface area contributed by atoms with E-state index in [1.165, 1.54) is 9.88 Å². The van der Waals surface area contributed by atoms with Crippen molar-refractivity contribution >= 4 is 27.9 Å². The van der Waals surface area contributed by atoms with E-state index in [0.29, 0.717) is 31.2 Å². The number of thiophene rings is 1. The fourth-order valence-electron chi connectivity index (χ4n) is 6.22. The standard InChI is InChI=1S/C33H52N2O3S/c1-7-11-13-29(36)28(23(5)12-8-2)20-25(9-3)21-30(37)31-24(6)33(39-32(31)26-14-17-34-22-26)35(10-4)27-15-18-38-19-16-27/h8,12,25-27,34H,7,9-11,13-22H2,1-6H3. The zero-order valence-corrected chi connectivity index (χ0v) is 26.2. The predicted molar refractivity (Wildman–Crippen MR) is 166 cm³/mol. The number of hydrogen-bond acceptors (Lipinski definition) is 6. The lowest BCUT2D eigenvalue weighted by Gasteiger charge is -2.35. The van der Waals surface area contributed by atoms with Gasteiger partial charge < -0.3 is 15.0 Å². The predicted octanol–water partition coefficient (Wildman–Crippen LogP) is 7.78. The number of nitrogens with one attached hydrogen (secondary N) is 1. The van der Waals surface area contributed by atoms with Crippen molar-refractivity contribution in [2.45, 2.75) is 111 Å². The van der Waals surface area contributed by atoms with Gasteiger partial charge in [0.25, 0.3) is 0 Å². The minimum Gasteiger partial charge on any atom is -0.381 e. The summed E-state index contributed by atoms with van der Waals surface area (Å²) in [5.41, 5.74) is 4.10. The minimum atomic E-state index is 0.161. The highest BCUT2D eigenvalue weighted by atomic mass is 32.1. The molecule has 3 heterocycles. The molecule has 39 heavy (non-hydrogen) atoms. The first-order valence-electron chi connectivity index (χ1n) is 15.4. The summed E-state index contributed by atoms with van der Waals surface area (Å²) in [6, 6.07) is 0.471. The molecule has 0 amide bonds. The highest BCUT2D eigenvalue weighted by Gasteiger charge is 2.32. The number of carbonyl (C=O) groups excluding carboxylic acids is 2. The molecule has 0 radical (unpaired) electrons. The highest BCUT2D eigenvalue weighted by molar-refractivity contribution is 7.16. The van der Waals surface area contributed by atoms with Gasteiger partial charge in [-0.3, -0.25) is 9.59 Å². The first-order valence-corrected chi connectivity index (χ1v) is 16.2. The summed E-state index contributed by atoms with van der Waals surface area (Å²) in [6.45, 7) is 17.3. The topological polar surface area (TPSA) is 58.6 Å². The molecule has 6 heteroatoms. The summed E-state index contributed by atoms with van der Waals surface area (Å²) in [4.78, 5) is 31.2. The van der Waals surface area contributed by atoms with Crippen molar-refractivity contribution < 1.29 is 14.3 Å². The van der Waals surface area contributed by atoms with Crippen LogP contribution < -0.4 is 10.2 Å². The molecule has 2 saturated heterocycles. The van der Waals surface area contributed by atoms with Crippen molar-refractivity contribution in [3.63, 3.8) is 0 Å². The van der Waals surface area contributed by atoms with E-state index < -0.39 is 0 Å². The van der Waals surface area contributed by atoms with Crippen molar-refractivity contribution in [1.82, 2.24) is 5.32 Å². The van der Waals surface area contributed by atoms with Gasteiger partial charge in [-0.25, -0.2) is 0 Å². The molecule has 1 aromatic heterocycles. The third-order valence-corrected chi connectivity index (χ3v) is 10.1. The van der Waals surface area contributed by atoms with Gasteiger partial charge in [0.1, 0.15) is 0 Å².